The molecule has 1 aromatic rings. The fourth-order valence-electron chi connectivity index (χ4n) is 1.62. The second kappa shape index (κ2) is 8.93. The normalized spacial score (nSPS) is 13.0. The number of nitrogens with two attached hydrogens (primary N) is 2. The standard InChI is InChI=1S/C8H6O3.C6H14N2O2/c9-4-6-1-2-7-8(3-6)11-5-10-7;7-4-2-1-3-5(8)6(9)10/h1-4H,5H2;5H,1-4,7-8H2,(H,9,10)/t;5-/m.0/s1. The van der Waals surface area contributed by atoms with E-state index in [-0.39, 0.29) is 6.79 Å². The van der Waals surface area contributed by atoms with Gasteiger partial charge in [0, 0.05) is 5.56 Å². The summed E-state index contributed by atoms with van der Waals surface area (Å²) >= 11 is 0. The lowest BCUT2D eigenvalue weighted by atomic mass is 10.1. The van der Waals surface area contributed by atoms with Crippen molar-refractivity contribution in [3.63, 3.8) is 0 Å². The summed E-state index contributed by atoms with van der Waals surface area (Å²) in [4.78, 5) is 20.4. The lowest BCUT2D eigenvalue weighted by molar-refractivity contribution is -0.138. The predicted molar refractivity (Wildman–Crippen MR) is 76.5 cm³/mol. The zero-order valence-electron chi connectivity index (χ0n) is 11.7. The van der Waals surface area contributed by atoms with Crippen molar-refractivity contribution >= 4 is 12.3 Å². The third-order valence-electron chi connectivity index (χ3n) is 2.82. The van der Waals surface area contributed by atoms with Crippen LogP contribution in [-0.4, -0.2) is 36.7 Å². The molecule has 2 rings (SSSR count). The van der Waals surface area contributed by atoms with Gasteiger partial charge in [0.15, 0.2) is 11.5 Å². The molecule has 7 nitrogen and oxygen atoms in total. The van der Waals surface area contributed by atoms with Crippen molar-refractivity contribution in [2.75, 3.05) is 13.3 Å². The molecule has 0 fully saturated rings. The second-order valence-corrected chi connectivity index (χ2v) is 4.46. The van der Waals surface area contributed by atoms with Crippen molar-refractivity contribution in [3.8, 4) is 11.5 Å². The van der Waals surface area contributed by atoms with E-state index < -0.39 is 12.0 Å². The Bertz CT molecular complexity index is 478. The summed E-state index contributed by atoms with van der Waals surface area (Å²) in [6, 6.07) is 4.37. The van der Waals surface area contributed by atoms with Crippen LogP contribution in [0.4, 0.5) is 0 Å². The Hall–Kier alpha value is -2.12. The van der Waals surface area contributed by atoms with Gasteiger partial charge in [-0.1, -0.05) is 6.42 Å². The van der Waals surface area contributed by atoms with Gasteiger partial charge in [-0.2, -0.15) is 0 Å². The predicted octanol–water partition coefficient (Wildman–Crippen LogP) is 0.755. The van der Waals surface area contributed by atoms with Gasteiger partial charge in [0.2, 0.25) is 6.79 Å². The van der Waals surface area contributed by atoms with E-state index in [0.29, 0.717) is 30.0 Å². The van der Waals surface area contributed by atoms with Gasteiger partial charge in [-0.3, -0.25) is 9.59 Å². The number of benzene rings is 1. The molecule has 7 heteroatoms. The molecule has 5 N–H and O–H groups in total. The molecule has 0 spiro atoms. The summed E-state index contributed by atoms with van der Waals surface area (Å²) < 4.78 is 10.1. The first-order valence-corrected chi connectivity index (χ1v) is 6.61. The maximum Gasteiger partial charge on any atom is 0.320 e. The van der Waals surface area contributed by atoms with Gasteiger partial charge in [-0.15, -0.1) is 0 Å². The number of hydrogen-bond acceptors (Lipinski definition) is 6. The van der Waals surface area contributed by atoms with Crippen LogP contribution in [0.15, 0.2) is 18.2 Å². The molecule has 0 bridgehead atoms. The van der Waals surface area contributed by atoms with Crippen LogP contribution in [-0.2, 0) is 4.79 Å². The number of carboxylic acid groups (broad SMARTS) is 1. The first-order valence-electron chi connectivity index (χ1n) is 6.61. The minimum atomic E-state index is -0.933. The van der Waals surface area contributed by atoms with Crippen molar-refractivity contribution in [3.05, 3.63) is 23.8 Å². The fourth-order valence-corrected chi connectivity index (χ4v) is 1.62. The molecule has 0 aliphatic carbocycles. The zero-order valence-corrected chi connectivity index (χ0v) is 11.7. The minimum absolute atomic E-state index is 0.248. The topological polar surface area (TPSA) is 125 Å². The lowest BCUT2D eigenvalue weighted by Crippen LogP contribution is -2.29. The van der Waals surface area contributed by atoms with Crippen LogP contribution < -0.4 is 20.9 Å². The summed E-state index contributed by atoms with van der Waals surface area (Å²) in [5.41, 5.74) is 11.0. The number of rotatable bonds is 6. The molecule has 0 radical (unpaired) electrons. The van der Waals surface area contributed by atoms with Gasteiger partial charge in [-0.25, -0.2) is 0 Å². The molecule has 0 aromatic heterocycles. The van der Waals surface area contributed by atoms with Crippen LogP contribution in [0, 0.1) is 0 Å². The summed E-state index contributed by atoms with van der Waals surface area (Å²) in [5.74, 6) is 0.419. The number of ether oxygens (including phenoxy) is 2. The maximum atomic E-state index is 10.3. The maximum absolute atomic E-state index is 10.3. The zero-order chi connectivity index (χ0) is 15.7. The SMILES string of the molecule is NCCCC[C@H](N)C(=O)O.O=Cc1ccc2c(c1)OCO2. The Labute approximate surface area is 122 Å². The van der Waals surface area contributed by atoms with Crippen molar-refractivity contribution in [1.82, 2.24) is 0 Å². The molecular weight excluding hydrogens is 276 g/mol. The van der Waals surface area contributed by atoms with Crippen molar-refractivity contribution in [2.24, 2.45) is 11.5 Å². The Morgan fingerprint density at radius 2 is 2.05 bits per heavy atom. The van der Waals surface area contributed by atoms with Gasteiger partial charge in [0.25, 0.3) is 0 Å². The molecule has 0 saturated heterocycles. The molecule has 0 saturated carbocycles. The number of carboxylic acids is 1. The summed E-state index contributed by atoms with van der Waals surface area (Å²) in [7, 11) is 0. The van der Waals surface area contributed by atoms with Crippen molar-refractivity contribution in [1.29, 1.82) is 0 Å². The van der Waals surface area contributed by atoms with Crippen LogP contribution in [0.25, 0.3) is 0 Å². The number of carbonyl (C=O) groups excluding carboxylic acids is 1. The molecule has 1 heterocycles. The highest BCUT2D eigenvalue weighted by Crippen LogP contribution is 2.31. The van der Waals surface area contributed by atoms with Crippen molar-refractivity contribution < 1.29 is 24.2 Å². The highest BCUT2D eigenvalue weighted by atomic mass is 16.7. The van der Waals surface area contributed by atoms with Gasteiger partial charge in [-0.05, 0) is 37.6 Å². The first kappa shape index (κ1) is 16.9. The van der Waals surface area contributed by atoms with E-state index in [4.69, 9.17) is 26.0 Å². The number of aliphatic carboxylic acids is 1. The molecular formula is C14H20N2O5. The van der Waals surface area contributed by atoms with E-state index in [0.717, 1.165) is 19.1 Å². The van der Waals surface area contributed by atoms with E-state index >= 15 is 0 Å². The van der Waals surface area contributed by atoms with Gasteiger partial charge in [0.05, 0.1) is 0 Å². The van der Waals surface area contributed by atoms with E-state index in [2.05, 4.69) is 0 Å². The minimum Gasteiger partial charge on any atom is -0.480 e. The molecule has 1 aliphatic rings. The van der Waals surface area contributed by atoms with E-state index in [1.165, 1.54) is 0 Å². The van der Waals surface area contributed by atoms with Crippen LogP contribution in [0.3, 0.4) is 0 Å². The lowest BCUT2D eigenvalue weighted by Gasteiger charge is -2.03. The molecule has 116 valence electrons. The number of unbranched alkanes of at least 4 members (excludes halogenated alkanes) is 1. The second-order valence-electron chi connectivity index (χ2n) is 4.46. The number of carbonyl (C=O) groups is 2. The monoisotopic (exact) mass is 296 g/mol. The molecule has 1 atom stereocenters. The fraction of sp³-hybridized carbons (Fsp3) is 0.429. The van der Waals surface area contributed by atoms with Gasteiger partial charge in [0.1, 0.15) is 12.3 Å². The van der Waals surface area contributed by atoms with Crippen molar-refractivity contribution in [2.45, 2.75) is 25.3 Å². The highest BCUT2D eigenvalue weighted by Gasteiger charge is 2.12. The first-order chi connectivity index (χ1) is 10.1. The van der Waals surface area contributed by atoms with E-state index in [1.807, 2.05) is 0 Å². The molecule has 0 unspecified atom stereocenters. The summed E-state index contributed by atoms with van der Waals surface area (Å²) in [6.07, 6.45) is 2.94. The largest absolute Gasteiger partial charge is 0.480 e. The highest BCUT2D eigenvalue weighted by molar-refractivity contribution is 5.76. The Morgan fingerprint density at radius 3 is 2.67 bits per heavy atom. The molecule has 1 aromatic carbocycles. The number of aldehydes is 1. The van der Waals surface area contributed by atoms with Crippen LogP contribution >= 0.6 is 0 Å². The number of fused-ring (bicyclic) bond motifs is 1. The van der Waals surface area contributed by atoms with Crippen LogP contribution in [0.5, 0.6) is 11.5 Å². The quantitative estimate of drug-likeness (QED) is 0.522. The third kappa shape index (κ3) is 5.80. The Morgan fingerprint density at radius 1 is 1.33 bits per heavy atom. The van der Waals surface area contributed by atoms with Crippen LogP contribution in [0.2, 0.25) is 0 Å². The third-order valence-corrected chi connectivity index (χ3v) is 2.82. The average Bonchev–Trinajstić information content (AvgIpc) is 2.95. The molecule has 21 heavy (non-hydrogen) atoms. The molecule has 0 amide bonds. The summed E-state index contributed by atoms with van der Waals surface area (Å²) in [6.45, 7) is 0.851. The Kier molecular flexibility index (Phi) is 7.20. The van der Waals surface area contributed by atoms with E-state index in [1.54, 1.807) is 18.2 Å². The number of hydrogen-bond donors (Lipinski definition) is 3. The Balaban J connectivity index is 0.000000212. The summed E-state index contributed by atoms with van der Waals surface area (Å²) in [5, 5.41) is 8.33. The van der Waals surface area contributed by atoms with Crippen LogP contribution in [0.1, 0.15) is 29.6 Å². The van der Waals surface area contributed by atoms with Gasteiger partial charge >= 0.3 is 5.97 Å². The van der Waals surface area contributed by atoms with Gasteiger partial charge < -0.3 is 26.0 Å². The van der Waals surface area contributed by atoms with E-state index in [9.17, 15) is 9.59 Å². The average molecular weight is 296 g/mol. The molecule has 1 aliphatic heterocycles. The smallest absolute Gasteiger partial charge is 0.320 e.